The van der Waals surface area contributed by atoms with Crippen molar-refractivity contribution in [2.75, 3.05) is 5.75 Å². The lowest BCUT2D eigenvalue weighted by Crippen LogP contribution is -2.20. The molecular formula is C13H13ClN2OS2. The summed E-state index contributed by atoms with van der Waals surface area (Å²) in [6.07, 6.45) is 3.25. The Morgan fingerprint density at radius 2 is 2.37 bits per heavy atom. The highest BCUT2D eigenvalue weighted by molar-refractivity contribution is 7.99. The van der Waals surface area contributed by atoms with Crippen LogP contribution < -0.4 is 5.56 Å². The Hall–Kier alpha value is -0.780. The van der Waals surface area contributed by atoms with Gasteiger partial charge in [-0.2, -0.15) is 0 Å². The summed E-state index contributed by atoms with van der Waals surface area (Å²) < 4.78 is 1.62. The quantitative estimate of drug-likeness (QED) is 0.644. The van der Waals surface area contributed by atoms with Gasteiger partial charge in [0.05, 0.1) is 5.39 Å². The third-order valence-electron chi connectivity index (χ3n) is 3.26. The van der Waals surface area contributed by atoms with Gasteiger partial charge in [-0.15, -0.1) is 11.3 Å². The van der Waals surface area contributed by atoms with Gasteiger partial charge >= 0.3 is 0 Å². The second kappa shape index (κ2) is 4.96. The van der Waals surface area contributed by atoms with Gasteiger partial charge in [0.15, 0.2) is 5.16 Å². The average Bonchev–Trinajstić information content (AvgIpc) is 2.91. The summed E-state index contributed by atoms with van der Waals surface area (Å²) in [4.78, 5) is 19.3. The number of rotatable bonds is 3. The molecule has 0 aromatic carbocycles. The fraction of sp³-hybridized carbons (Fsp3) is 0.385. The lowest BCUT2D eigenvalue weighted by Gasteiger charge is -2.06. The maximum Gasteiger partial charge on any atom is 0.262 e. The van der Waals surface area contributed by atoms with E-state index in [9.17, 15) is 4.79 Å². The van der Waals surface area contributed by atoms with Crippen LogP contribution in [0.1, 0.15) is 16.9 Å². The number of halogens is 1. The van der Waals surface area contributed by atoms with Gasteiger partial charge in [-0.3, -0.25) is 9.36 Å². The zero-order valence-electron chi connectivity index (χ0n) is 10.5. The monoisotopic (exact) mass is 312 g/mol. The highest BCUT2D eigenvalue weighted by atomic mass is 35.5. The predicted octanol–water partition coefficient (Wildman–Crippen LogP) is 3.33. The van der Waals surface area contributed by atoms with E-state index in [2.05, 4.69) is 11.6 Å². The van der Waals surface area contributed by atoms with Crippen LogP contribution in [0.15, 0.2) is 21.6 Å². The maximum absolute atomic E-state index is 12.5. The molecule has 0 fully saturated rings. The van der Waals surface area contributed by atoms with Gasteiger partial charge in [-0.25, -0.2) is 4.98 Å². The number of thioether (sulfide) groups is 1. The van der Waals surface area contributed by atoms with Crippen LogP contribution in [0.3, 0.4) is 0 Å². The van der Waals surface area contributed by atoms with E-state index >= 15 is 0 Å². The Balaban J connectivity index is 2.15. The smallest absolute Gasteiger partial charge is 0.262 e. The van der Waals surface area contributed by atoms with Gasteiger partial charge < -0.3 is 0 Å². The first-order valence-corrected chi connectivity index (χ1v) is 8.23. The SMILES string of the molecule is C=C(Cl)CSc1nc2sc3c(c2c(=O)n1C)CCC3. The molecule has 2 aromatic rings. The summed E-state index contributed by atoms with van der Waals surface area (Å²) in [6, 6.07) is 0. The van der Waals surface area contributed by atoms with E-state index in [4.69, 9.17) is 11.6 Å². The third kappa shape index (κ3) is 2.24. The van der Waals surface area contributed by atoms with Crippen LogP contribution in [-0.4, -0.2) is 15.3 Å². The van der Waals surface area contributed by atoms with E-state index in [-0.39, 0.29) is 5.56 Å². The van der Waals surface area contributed by atoms with Crippen LogP contribution in [-0.2, 0) is 19.9 Å². The van der Waals surface area contributed by atoms with Crippen LogP contribution >= 0.6 is 34.7 Å². The summed E-state index contributed by atoms with van der Waals surface area (Å²) in [5.41, 5.74) is 1.29. The highest BCUT2D eigenvalue weighted by Gasteiger charge is 2.22. The number of aryl methyl sites for hydroxylation is 2. The Morgan fingerprint density at radius 1 is 1.58 bits per heavy atom. The predicted molar refractivity (Wildman–Crippen MR) is 82.6 cm³/mol. The maximum atomic E-state index is 12.5. The molecule has 100 valence electrons. The van der Waals surface area contributed by atoms with Crippen molar-refractivity contribution in [3.63, 3.8) is 0 Å². The Kier molecular flexibility index (Phi) is 3.45. The van der Waals surface area contributed by atoms with Crippen molar-refractivity contribution in [2.45, 2.75) is 24.4 Å². The molecule has 0 saturated heterocycles. The molecule has 1 aliphatic carbocycles. The molecule has 0 radical (unpaired) electrons. The number of aromatic nitrogens is 2. The number of fused-ring (bicyclic) bond motifs is 3. The summed E-state index contributed by atoms with van der Waals surface area (Å²) in [5.74, 6) is 0.568. The first-order valence-electron chi connectivity index (χ1n) is 6.05. The molecule has 0 atom stereocenters. The molecule has 0 amide bonds. The molecule has 19 heavy (non-hydrogen) atoms. The minimum Gasteiger partial charge on any atom is -0.290 e. The van der Waals surface area contributed by atoms with Crippen LogP contribution in [0.4, 0.5) is 0 Å². The molecule has 0 bridgehead atoms. The van der Waals surface area contributed by atoms with Crippen molar-refractivity contribution in [1.82, 2.24) is 9.55 Å². The molecule has 6 heteroatoms. The van der Waals surface area contributed by atoms with Crippen molar-refractivity contribution in [1.29, 1.82) is 0 Å². The topological polar surface area (TPSA) is 34.9 Å². The van der Waals surface area contributed by atoms with Gasteiger partial charge in [0.25, 0.3) is 5.56 Å². The zero-order chi connectivity index (χ0) is 13.6. The first kappa shape index (κ1) is 13.2. The van der Waals surface area contributed by atoms with Gasteiger partial charge in [-0.05, 0) is 24.8 Å². The number of thiophene rings is 1. The lowest BCUT2D eigenvalue weighted by atomic mass is 10.2. The standard InChI is InChI=1S/C13H13ClN2OS2/c1-7(14)6-18-13-15-11-10(12(17)16(13)2)8-4-3-5-9(8)19-11/h1,3-6H2,2H3. The molecule has 1 aliphatic rings. The average molecular weight is 313 g/mol. The molecule has 0 unspecified atom stereocenters. The molecule has 0 spiro atoms. The molecule has 0 aliphatic heterocycles. The van der Waals surface area contributed by atoms with Crippen molar-refractivity contribution < 1.29 is 0 Å². The molecule has 3 rings (SSSR count). The summed E-state index contributed by atoms with van der Waals surface area (Å²) in [6.45, 7) is 3.66. The second-order valence-electron chi connectivity index (χ2n) is 4.60. The van der Waals surface area contributed by atoms with Crippen molar-refractivity contribution in [2.24, 2.45) is 7.05 Å². The van der Waals surface area contributed by atoms with Crippen LogP contribution in [0, 0.1) is 0 Å². The van der Waals surface area contributed by atoms with Crippen molar-refractivity contribution in [3.8, 4) is 0 Å². The fourth-order valence-corrected chi connectivity index (χ4v) is 4.57. The van der Waals surface area contributed by atoms with Crippen molar-refractivity contribution >= 4 is 44.9 Å². The Labute approximate surface area is 124 Å². The fourth-order valence-electron chi connectivity index (χ4n) is 2.38. The van der Waals surface area contributed by atoms with Gasteiger partial charge in [-0.1, -0.05) is 29.9 Å². The largest absolute Gasteiger partial charge is 0.290 e. The molecule has 3 nitrogen and oxygen atoms in total. The van der Waals surface area contributed by atoms with E-state index < -0.39 is 0 Å². The van der Waals surface area contributed by atoms with Gasteiger partial charge in [0, 0.05) is 22.7 Å². The van der Waals surface area contributed by atoms with Crippen molar-refractivity contribution in [3.05, 3.63) is 32.4 Å². The lowest BCUT2D eigenvalue weighted by molar-refractivity contribution is 0.727. The number of nitrogens with zero attached hydrogens (tertiary/aromatic N) is 2. The zero-order valence-corrected chi connectivity index (χ0v) is 12.9. The molecular weight excluding hydrogens is 300 g/mol. The van der Waals surface area contributed by atoms with Gasteiger partial charge in [0.1, 0.15) is 4.83 Å². The second-order valence-corrected chi connectivity index (χ2v) is 7.16. The molecule has 2 aromatic heterocycles. The number of hydrogen-bond acceptors (Lipinski definition) is 4. The minimum atomic E-state index is 0.0621. The summed E-state index contributed by atoms with van der Waals surface area (Å²) in [7, 11) is 1.77. The van der Waals surface area contributed by atoms with Crippen LogP contribution in [0.2, 0.25) is 0 Å². The highest BCUT2D eigenvalue weighted by Crippen LogP contribution is 2.35. The Morgan fingerprint density at radius 3 is 3.11 bits per heavy atom. The molecule has 0 N–H and O–H groups in total. The third-order valence-corrected chi connectivity index (χ3v) is 5.86. The van der Waals surface area contributed by atoms with E-state index in [0.717, 1.165) is 29.5 Å². The molecule has 2 heterocycles. The summed E-state index contributed by atoms with van der Waals surface area (Å²) >= 11 is 8.89. The van der Waals surface area contributed by atoms with Crippen LogP contribution in [0.5, 0.6) is 0 Å². The van der Waals surface area contributed by atoms with E-state index in [1.54, 1.807) is 23.0 Å². The van der Waals surface area contributed by atoms with Gasteiger partial charge in [0.2, 0.25) is 0 Å². The number of hydrogen-bond donors (Lipinski definition) is 0. The molecule has 0 saturated carbocycles. The Bertz CT molecular complexity index is 732. The first-order chi connectivity index (χ1) is 9.08. The van der Waals surface area contributed by atoms with E-state index in [1.165, 1.54) is 22.2 Å². The van der Waals surface area contributed by atoms with E-state index in [1.807, 2.05) is 0 Å². The van der Waals surface area contributed by atoms with E-state index in [0.29, 0.717) is 15.9 Å². The van der Waals surface area contributed by atoms with Crippen LogP contribution in [0.25, 0.3) is 10.2 Å². The minimum absolute atomic E-state index is 0.0621. The normalized spacial score (nSPS) is 14.0. The summed E-state index contributed by atoms with van der Waals surface area (Å²) in [5, 5.41) is 2.10.